The van der Waals surface area contributed by atoms with Gasteiger partial charge in [0, 0.05) is 18.9 Å². The summed E-state index contributed by atoms with van der Waals surface area (Å²) < 4.78 is 0. The zero-order valence-corrected chi connectivity index (χ0v) is 9.04. The first kappa shape index (κ1) is 11.0. The fraction of sp³-hybridized carbons (Fsp3) is 0.444. The van der Waals surface area contributed by atoms with Crippen LogP contribution in [-0.4, -0.2) is 27.7 Å². The van der Waals surface area contributed by atoms with Crippen molar-refractivity contribution in [1.29, 1.82) is 0 Å². The van der Waals surface area contributed by atoms with E-state index in [0.717, 1.165) is 0 Å². The van der Waals surface area contributed by atoms with Crippen LogP contribution in [0.25, 0.3) is 0 Å². The Morgan fingerprint density at radius 3 is 2.79 bits per heavy atom. The Morgan fingerprint density at radius 2 is 2.21 bits per heavy atom. The number of hydrogen-bond donors (Lipinski definition) is 1. The molecule has 1 aromatic rings. The highest BCUT2D eigenvalue weighted by Crippen LogP contribution is 2.17. The van der Waals surface area contributed by atoms with Crippen molar-refractivity contribution < 1.29 is 4.79 Å². The van der Waals surface area contributed by atoms with Gasteiger partial charge in [0.25, 0.3) is 0 Å². The first-order valence-electron chi connectivity index (χ1n) is 4.45. The second-order valence-corrected chi connectivity index (χ2v) is 3.99. The molecule has 0 saturated carbocycles. The van der Waals surface area contributed by atoms with E-state index in [2.05, 4.69) is 15.3 Å². The van der Waals surface area contributed by atoms with Crippen LogP contribution >= 0.6 is 11.8 Å². The van der Waals surface area contributed by atoms with Crippen LogP contribution in [0.15, 0.2) is 23.6 Å². The highest BCUT2D eigenvalue weighted by atomic mass is 32.2. The summed E-state index contributed by atoms with van der Waals surface area (Å²) in [6.07, 6.45) is 3.33. The third-order valence-corrected chi connectivity index (χ3v) is 2.53. The molecule has 1 N–H and O–H groups in total. The van der Waals surface area contributed by atoms with Gasteiger partial charge in [0.2, 0.25) is 5.91 Å². The number of carbonyl (C=O) groups excluding carboxylic acids is 1. The van der Waals surface area contributed by atoms with Crippen LogP contribution in [0, 0.1) is 0 Å². The Hall–Kier alpha value is -1.10. The molecule has 1 amide bonds. The fourth-order valence-corrected chi connectivity index (χ4v) is 1.63. The second-order valence-electron chi connectivity index (χ2n) is 2.69. The summed E-state index contributed by atoms with van der Waals surface area (Å²) in [4.78, 5) is 19.4. The predicted octanol–water partition coefficient (Wildman–Crippen LogP) is 1.09. The molecule has 0 bridgehead atoms. The molecule has 5 heteroatoms. The van der Waals surface area contributed by atoms with E-state index >= 15 is 0 Å². The lowest BCUT2D eigenvalue weighted by molar-refractivity contribution is -0.120. The summed E-state index contributed by atoms with van der Waals surface area (Å²) in [7, 11) is 0. The van der Waals surface area contributed by atoms with Gasteiger partial charge in [-0.2, -0.15) is 0 Å². The predicted molar refractivity (Wildman–Crippen MR) is 56.0 cm³/mol. The summed E-state index contributed by atoms with van der Waals surface area (Å²) in [6.45, 7) is 4.39. The Kier molecular flexibility index (Phi) is 4.39. The zero-order valence-electron chi connectivity index (χ0n) is 8.23. The maximum atomic E-state index is 11.4. The fourth-order valence-electron chi connectivity index (χ4n) is 0.876. The number of thioether (sulfide) groups is 1. The minimum absolute atomic E-state index is 0.0185. The van der Waals surface area contributed by atoms with Gasteiger partial charge in [-0.15, -0.1) is 0 Å². The van der Waals surface area contributed by atoms with Gasteiger partial charge in [0.15, 0.2) is 5.16 Å². The molecular formula is C9H13N3OS. The van der Waals surface area contributed by atoms with Crippen molar-refractivity contribution in [1.82, 2.24) is 15.3 Å². The number of nitrogens with zero attached hydrogens (tertiary/aromatic N) is 2. The molecule has 0 aliphatic rings. The molecule has 1 heterocycles. The third-order valence-electron chi connectivity index (χ3n) is 1.54. The maximum absolute atomic E-state index is 11.4. The van der Waals surface area contributed by atoms with Gasteiger partial charge in [-0.05, 0) is 19.9 Å². The number of aromatic nitrogens is 2. The molecule has 0 aliphatic heterocycles. The smallest absolute Gasteiger partial charge is 0.233 e. The summed E-state index contributed by atoms with van der Waals surface area (Å²) in [5, 5.41) is 3.23. The maximum Gasteiger partial charge on any atom is 0.233 e. The topological polar surface area (TPSA) is 54.9 Å². The lowest BCUT2D eigenvalue weighted by Crippen LogP contribution is -2.30. The molecule has 0 radical (unpaired) electrons. The van der Waals surface area contributed by atoms with Crippen molar-refractivity contribution in [2.75, 3.05) is 6.54 Å². The van der Waals surface area contributed by atoms with Gasteiger partial charge in [-0.25, -0.2) is 9.97 Å². The Bertz CT molecular complexity index is 291. The second kappa shape index (κ2) is 5.59. The first-order chi connectivity index (χ1) is 6.74. The van der Waals surface area contributed by atoms with Gasteiger partial charge in [0.1, 0.15) is 0 Å². The van der Waals surface area contributed by atoms with Gasteiger partial charge >= 0.3 is 0 Å². The van der Waals surface area contributed by atoms with Gasteiger partial charge in [-0.3, -0.25) is 4.79 Å². The van der Waals surface area contributed by atoms with E-state index in [1.807, 2.05) is 13.8 Å². The average molecular weight is 211 g/mol. The van der Waals surface area contributed by atoms with Crippen molar-refractivity contribution in [2.24, 2.45) is 0 Å². The Morgan fingerprint density at radius 1 is 1.57 bits per heavy atom. The number of hydrogen-bond acceptors (Lipinski definition) is 4. The number of carbonyl (C=O) groups is 1. The van der Waals surface area contributed by atoms with Gasteiger partial charge in [0.05, 0.1) is 5.25 Å². The molecule has 0 spiro atoms. The molecule has 0 fully saturated rings. The molecular weight excluding hydrogens is 198 g/mol. The van der Waals surface area contributed by atoms with Crippen LogP contribution in [-0.2, 0) is 4.79 Å². The van der Waals surface area contributed by atoms with Crippen LogP contribution < -0.4 is 5.32 Å². The minimum atomic E-state index is -0.155. The Balaban J connectivity index is 2.49. The van der Waals surface area contributed by atoms with E-state index in [1.165, 1.54) is 11.8 Å². The molecule has 76 valence electrons. The van der Waals surface area contributed by atoms with E-state index < -0.39 is 0 Å². The van der Waals surface area contributed by atoms with Crippen LogP contribution in [0.1, 0.15) is 13.8 Å². The lowest BCUT2D eigenvalue weighted by atomic mass is 10.4. The van der Waals surface area contributed by atoms with Crippen molar-refractivity contribution in [3.05, 3.63) is 18.5 Å². The van der Waals surface area contributed by atoms with Crippen LogP contribution in [0.2, 0.25) is 0 Å². The molecule has 1 aromatic heterocycles. The monoisotopic (exact) mass is 211 g/mol. The number of rotatable bonds is 4. The largest absolute Gasteiger partial charge is 0.355 e. The van der Waals surface area contributed by atoms with E-state index in [4.69, 9.17) is 0 Å². The molecule has 14 heavy (non-hydrogen) atoms. The van der Waals surface area contributed by atoms with E-state index in [0.29, 0.717) is 11.7 Å². The van der Waals surface area contributed by atoms with Crippen LogP contribution in [0.5, 0.6) is 0 Å². The first-order valence-corrected chi connectivity index (χ1v) is 5.33. The van der Waals surface area contributed by atoms with Gasteiger partial charge < -0.3 is 5.32 Å². The molecule has 0 aromatic carbocycles. The molecule has 1 atom stereocenters. The van der Waals surface area contributed by atoms with Gasteiger partial charge in [-0.1, -0.05) is 11.8 Å². The summed E-state index contributed by atoms with van der Waals surface area (Å²) in [6, 6.07) is 1.75. The minimum Gasteiger partial charge on any atom is -0.355 e. The molecule has 0 unspecified atom stereocenters. The highest BCUT2D eigenvalue weighted by molar-refractivity contribution is 8.00. The summed E-state index contributed by atoms with van der Waals surface area (Å²) in [5.74, 6) is 0.0185. The average Bonchev–Trinajstić information content (AvgIpc) is 2.19. The highest BCUT2D eigenvalue weighted by Gasteiger charge is 2.14. The van der Waals surface area contributed by atoms with Crippen LogP contribution in [0.3, 0.4) is 0 Å². The standard InChI is InChI=1S/C9H13N3OS/c1-3-10-8(13)7(2)14-9-11-5-4-6-12-9/h4-7H,3H2,1-2H3,(H,10,13)/t7-/m1/s1. The molecule has 4 nitrogen and oxygen atoms in total. The van der Waals surface area contributed by atoms with Crippen molar-refractivity contribution >= 4 is 17.7 Å². The summed E-state index contributed by atoms with van der Waals surface area (Å²) in [5.41, 5.74) is 0. The zero-order chi connectivity index (χ0) is 10.4. The van der Waals surface area contributed by atoms with Crippen molar-refractivity contribution in [3.63, 3.8) is 0 Å². The normalized spacial score (nSPS) is 12.1. The van der Waals surface area contributed by atoms with E-state index in [-0.39, 0.29) is 11.2 Å². The SMILES string of the molecule is CCNC(=O)[C@@H](C)Sc1ncccn1. The summed E-state index contributed by atoms with van der Waals surface area (Å²) >= 11 is 1.36. The lowest BCUT2D eigenvalue weighted by Gasteiger charge is -2.08. The molecule has 1 rings (SSSR count). The Labute approximate surface area is 87.5 Å². The van der Waals surface area contributed by atoms with Crippen LogP contribution in [0.4, 0.5) is 0 Å². The van der Waals surface area contributed by atoms with Crippen molar-refractivity contribution in [3.8, 4) is 0 Å². The number of nitrogens with one attached hydrogen (secondary N) is 1. The number of amides is 1. The van der Waals surface area contributed by atoms with E-state index in [9.17, 15) is 4.79 Å². The molecule has 0 aliphatic carbocycles. The van der Waals surface area contributed by atoms with Crippen molar-refractivity contribution in [2.45, 2.75) is 24.3 Å². The third kappa shape index (κ3) is 3.33. The molecule has 0 saturated heterocycles. The quantitative estimate of drug-likeness (QED) is 0.598. The van der Waals surface area contributed by atoms with E-state index in [1.54, 1.807) is 18.5 Å².